The third kappa shape index (κ3) is 4.06. The van der Waals surface area contributed by atoms with Crippen molar-refractivity contribution in [3.8, 4) is 22.8 Å². The Hall–Kier alpha value is -3.54. The lowest BCUT2D eigenvalue weighted by Crippen LogP contribution is -2.34. The lowest BCUT2D eigenvalue weighted by Gasteiger charge is -2.19. The number of hydrogen-bond acceptors (Lipinski definition) is 5. The van der Waals surface area contributed by atoms with Crippen molar-refractivity contribution in [1.82, 2.24) is 9.88 Å². The molecule has 6 heteroatoms. The number of nitrogens with zero attached hydrogens (tertiary/aromatic N) is 2. The molecule has 0 radical (unpaired) electrons. The molecule has 31 heavy (non-hydrogen) atoms. The maximum absolute atomic E-state index is 12.0. The summed E-state index contributed by atoms with van der Waals surface area (Å²) >= 11 is 0. The van der Waals surface area contributed by atoms with Crippen molar-refractivity contribution < 1.29 is 19.0 Å². The van der Waals surface area contributed by atoms with Crippen LogP contribution in [-0.4, -0.2) is 48.9 Å². The number of benzene rings is 2. The van der Waals surface area contributed by atoms with Gasteiger partial charge in [0.2, 0.25) is 0 Å². The van der Waals surface area contributed by atoms with Gasteiger partial charge in [-0.05, 0) is 13.0 Å². The van der Waals surface area contributed by atoms with Crippen LogP contribution in [0.4, 0.5) is 4.79 Å². The summed E-state index contributed by atoms with van der Waals surface area (Å²) in [6.45, 7) is 6.37. The Morgan fingerprint density at radius 1 is 1.16 bits per heavy atom. The van der Waals surface area contributed by atoms with Crippen LogP contribution in [0.5, 0.6) is 11.5 Å². The molecule has 0 N–H and O–H groups in total. The number of carbonyl (C=O) groups excluding carboxylic acids is 1. The minimum atomic E-state index is -0.332. The molecule has 0 bridgehead atoms. The predicted molar refractivity (Wildman–Crippen MR) is 121 cm³/mol. The summed E-state index contributed by atoms with van der Waals surface area (Å²) in [4.78, 5) is 18.6. The number of aromatic nitrogens is 1. The van der Waals surface area contributed by atoms with Gasteiger partial charge in [0.25, 0.3) is 0 Å². The first-order chi connectivity index (χ1) is 15.0. The first-order valence-electron chi connectivity index (χ1n) is 10.3. The molecule has 2 atom stereocenters. The fraction of sp³-hybridized carbons (Fsp3) is 0.280. The van der Waals surface area contributed by atoms with Gasteiger partial charge in [-0.3, -0.25) is 0 Å². The van der Waals surface area contributed by atoms with Gasteiger partial charge < -0.3 is 19.1 Å². The monoisotopic (exact) mass is 418 g/mol. The molecule has 0 spiro atoms. The molecule has 160 valence electrons. The largest absolute Gasteiger partial charge is 0.496 e. The molecule has 0 aliphatic carbocycles. The van der Waals surface area contributed by atoms with E-state index in [1.54, 1.807) is 18.1 Å². The summed E-state index contributed by atoms with van der Waals surface area (Å²) < 4.78 is 16.9. The molecule has 6 nitrogen and oxygen atoms in total. The molecule has 1 aliphatic rings. The third-order valence-electron chi connectivity index (χ3n) is 5.65. The molecule has 2 heterocycles. The maximum Gasteiger partial charge on any atom is 0.409 e. The van der Waals surface area contributed by atoms with Crippen LogP contribution in [0.3, 0.4) is 0 Å². The summed E-state index contributed by atoms with van der Waals surface area (Å²) in [5.74, 6) is 1.43. The van der Waals surface area contributed by atoms with Crippen LogP contribution in [0.2, 0.25) is 0 Å². The molecule has 1 amide bonds. The van der Waals surface area contributed by atoms with Gasteiger partial charge in [-0.1, -0.05) is 43.0 Å². The Morgan fingerprint density at radius 2 is 1.94 bits per heavy atom. The summed E-state index contributed by atoms with van der Waals surface area (Å²) in [5, 5.41) is 0.875. The van der Waals surface area contributed by atoms with E-state index >= 15 is 0 Å². The van der Waals surface area contributed by atoms with E-state index in [0.717, 1.165) is 39.9 Å². The standard InChI is InChI=1S/C25H26N2O4/c1-5-17-12-20-22(14-23(17)29-3)26-21(18-9-7-6-8-10-18)13-24(20)31-19-11-16(2)27(15-19)25(28)30-4/h5-10,12-14,16,19H,1,11,15H2,2-4H3/t16?,19-/m1/s1. The zero-order valence-corrected chi connectivity index (χ0v) is 18.0. The van der Waals surface area contributed by atoms with E-state index in [0.29, 0.717) is 12.3 Å². The first kappa shape index (κ1) is 20.7. The Bertz CT molecular complexity index is 1110. The average Bonchev–Trinajstić information content (AvgIpc) is 3.17. The Balaban J connectivity index is 1.78. The molecule has 1 unspecified atom stereocenters. The van der Waals surface area contributed by atoms with Crippen molar-refractivity contribution in [3.05, 3.63) is 60.7 Å². The van der Waals surface area contributed by atoms with Crippen LogP contribution in [0.15, 0.2) is 55.1 Å². The number of hydrogen-bond donors (Lipinski definition) is 0. The van der Waals surface area contributed by atoms with Crippen LogP contribution in [0.1, 0.15) is 18.9 Å². The van der Waals surface area contributed by atoms with Crippen LogP contribution in [0, 0.1) is 0 Å². The lowest BCUT2D eigenvalue weighted by molar-refractivity contribution is 0.117. The summed E-state index contributed by atoms with van der Waals surface area (Å²) in [6.07, 6.45) is 2.01. The highest BCUT2D eigenvalue weighted by atomic mass is 16.5. The number of amides is 1. The fourth-order valence-corrected chi connectivity index (χ4v) is 4.05. The van der Waals surface area contributed by atoms with Crippen LogP contribution in [-0.2, 0) is 4.74 Å². The van der Waals surface area contributed by atoms with Crippen molar-refractivity contribution in [1.29, 1.82) is 0 Å². The first-order valence-corrected chi connectivity index (χ1v) is 10.3. The van der Waals surface area contributed by atoms with Crippen LogP contribution >= 0.6 is 0 Å². The highest BCUT2D eigenvalue weighted by molar-refractivity contribution is 5.91. The van der Waals surface area contributed by atoms with Gasteiger partial charge >= 0.3 is 6.09 Å². The number of fused-ring (bicyclic) bond motifs is 1. The fourth-order valence-electron chi connectivity index (χ4n) is 4.05. The Kier molecular flexibility index (Phi) is 5.80. The number of ether oxygens (including phenoxy) is 3. The van der Waals surface area contributed by atoms with E-state index in [9.17, 15) is 4.79 Å². The van der Waals surface area contributed by atoms with Gasteiger partial charge in [0.15, 0.2) is 0 Å². The molecular weight excluding hydrogens is 392 g/mol. The molecule has 3 aromatic rings. The van der Waals surface area contributed by atoms with Gasteiger partial charge in [0.05, 0.1) is 32.0 Å². The van der Waals surface area contributed by atoms with Crippen molar-refractivity contribution in [3.63, 3.8) is 0 Å². The van der Waals surface area contributed by atoms with Gasteiger partial charge in [0.1, 0.15) is 17.6 Å². The number of methoxy groups -OCH3 is 2. The maximum atomic E-state index is 12.0. The molecule has 0 saturated carbocycles. The zero-order chi connectivity index (χ0) is 22.0. The number of rotatable bonds is 5. The number of pyridine rings is 1. The van der Waals surface area contributed by atoms with Gasteiger partial charge in [0, 0.05) is 41.1 Å². The predicted octanol–water partition coefficient (Wildman–Crippen LogP) is 5.16. The Morgan fingerprint density at radius 3 is 2.61 bits per heavy atom. The lowest BCUT2D eigenvalue weighted by atomic mass is 10.1. The number of likely N-dealkylation sites (tertiary alicyclic amines) is 1. The Labute approximate surface area is 182 Å². The van der Waals surface area contributed by atoms with E-state index in [4.69, 9.17) is 19.2 Å². The smallest absolute Gasteiger partial charge is 0.409 e. The van der Waals surface area contributed by atoms with Crippen LogP contribution < -0.4 is 9.47 Å². The second-order valence-corrected chi connectivity index (χ2v) is 7.63. The molecular formula is C25H26N2O4. The SMILES string of the molecule is C=Cc1cc2c(O[C@@H]3CC(C)N(C(=O)OC)C3)cc(-c3ccccc3)nc2cc1OC. The van der Waals surface area contributed by atoms with Crippen LogP contribution in [0.25, 0.3) is 28.2 Å². The molecule has 1 saturated heterocycles. The molecule has 1 aromatic heterocycles. The van der Waals surface area contributed by atoms with Crippen molar-refractivity contribution in [2.75, 3.05) is 20.8 Å². The van der Waals surface area contributed by atoms with E-state index in [1.807, 2.05) is 55.5 Å². The second-order valence-electron chi connectivity index (χ2n) is 7.63. The molecule has 4 rings (SSSR count). The minimum absolute atomic E-state index is 0.0444. The highest BCUT2D eigenvalue weighted by Crippen LogP contribution is 2.36. The average molecular weight is 418 g/mol. The van der Waals surface area contributed by atoms with Crippen molar-refractivity contribution in [2.45, 2.75) is 25.5 Å². The van der Waals surface area contributed by atoms with E-state index in [1.165, 1.54) is 7.11 Å². The topological polar surface area (TPSA) is 60.9 Å². The zero-order valence-electron chi connectivity index (χ0n) is 18.0. The quantitative estimate of drug-likeness (QED) is 0.573. The van der Waals surface area contributed by atoms with Gasteiger partial charge in [-0.15, -0.1) is 0 Å². The number of carbonyl (C=O) groups is 1. The molecule has 1 fully saturated rings. The molecule has 1 aliphatic heterocycles. The third-order valence-corrected chi connectivity index (χ3v) is 5.65. The van der Waals surface area contributed by atoms with Crippen molar-refractivity contribution >= 4 is 23.1 Å². The highest BCUT2D eigenvalue weighted by Gasteiger charge is 2.34. The van der Waals surface area contributed by atoms with Gasteiger partial charge in [-0.25, -0.2) is 9.78 Å². The van der Waals surface area contributed by atoms with E-state index in [-0.39, 0.29) is 18.2 Å². The van der Waals surface area contributed by atoms with E-state index < -0.39 is 0 Å². The second kappa shape index (κ2) is 8.68. The van der Waals surface area contributed by atoms with Gasteiger partial charge in [-0.2, -0.15) is 0 Å². The summed E-state index contributed by atoms with van der Waals surface area (Å²) in [7, 11) is 3.03. The van der Waals surface area contributed by atoms with E-state index in [2.05, 4.69) is 6.58 Å². The summed E-state index contributed by atoms with van der Waals surface area (Å²) in [6, 6.07) is 15.9. The normalized spacial score (nSPS) is 18.1. The van der Waals surface area contributed by atoms with Crippen molar-refractivity contribution in [2.24, 2.45) is 0 Å². The minimum Gasteiger partial charge on any atom is -0.496 e. The molecule has 2 aromatic carbocycles. The summed E-state index contributed by atoms with van der Waals surface area (Å²) in [5.41, 5.74) is 3.45.